The lowest BCUT2D eigenvalue weighted by Gasteiger charge is -2.12. The van der Waals surface area contributed by atoms with Crippen LogP contribution in [0.5, 0.6) is 0 Å². The molecule has 7 heteroatoms. The van der Waals surface area contributed by atoms with Crippen molar-refractivity contribution in [1.82, 2.24) is 10.6 Å². The molecular weight excluding hydrogens is 461 g/mol. The number of rotatable bonds is 10. The average molecular weight is 491 g/mol. The Morgan fingerprint density at radius 3 is 2.77 bits per heavy atom. The first-order valence-corrected chi connectivity index (χ1v) is 9.74. The maximum atomic E-state index is 10.4. The summed E-state index contributed by atoms with van der Waals surface area (Å²) in [6, 6.07) is 10.2. The van der Waals surface area contributed by atoms with E-state index in [1.807, 2.05) is 19.1 Å². The number of nitrogens with one attached hydrogen (secondary N) is 2. The van der Waals surface area contributed by atoms with Crippen LogP contribution in [0.1, 0.15) is 37.2 Å². The monoisotopic (exact) mass is 491 g/mol. The van der Waals surface area contributed by atoms with Crippen LogP contribution >= 0.6 is 35.3 Å². The van der Waals surface area contributed by atoms with Crippen molar-refractivity contribution >= 4 is 51.4 Å². The van der Waals surface area contributed by atoms with Gasteiger partial charge in [-0.15, -0.1) is 35.3 Å². The van der Waals surface area contributed by atoms with Crippen molar-refractivity contribution in [2.75, 3.05) is 33.4 Å². The Labute approximate surface area is 177 Å². The van der Waals surface area contributed by atoms with Crippen LogP contribution in [0.4, 0.5) is 0 Å². The Balaban J connectivity index is 0.00000338. The Hall–Kier alpha value is -0.900. The van der Waals surface area contributed by atoms with Gasteiger partial charge in [-0.2, -0.15) is 0 Å². The van der Waals surface area contributed by atoms with Crippen LogP contribution in [-0.2, 0) is 4.74 Å². The van der Waals surface area contributed by atoms with Crippen molar-refractivity contribution in [1.29, 1.82) is 0 Å². The molecule has 146 valence electrons. The molecule has 1 heterocycles. The minimum Gasteiger partial charge on any atom is -0.386 e. The van der Waals surface area contributed by atoms with Crippen molar-refractivity contribution < 1.29 is 9.84 Å². The molecule has 0 bridgehead atoms. The van der Waals surface area contributed by atoms with E-state index in [0.29, 0.717) is 6.54 Å². The van der Waals surface area contributed by atoms with Crippen molar-refractivity contribution in [2.45, 2.75) is 32.3 Å². The fourth-order valence-electron chi connectivity index (χ4n) is 2.53. The maximum absolute atomic E-state index is 10.4. The highest BCUT2D eigenvalue weighted by Crippen LogP contribution is 2.29. The molecule has 1 aromatic heterocycles. The van der Waals surface area contributed by atoms with Crippen molar-refractivity contribution in [2.24, 2.45) is 4.99 Å². The predicted molar refractivity (Wildman–Crippen MR) is 122 cm³/mol. The third kappa shape index (κ3) is 7.77. The number of fused-ring (bicyclic) bond motifs is 1. The van der Waals surface area contributed by atoms with Crippen LogP contribution in [-0.4, -0.2) is 44.4 Å². The number of hydrogen-bond acceptors (Lipinski definition) is 4. The Bertz CT molecular complexity index is 630. The summed E-state index contributed by atoms with van der Waals surface area (Å²) in [5, 5.41) is 18.2. The average Bonchev–Trinajstić information content (AvgIpc) is 3.06. The molecule has 0 aliphatic rings. The van der Waals surface area contributed by atoms with E-state index in [1.54, 1.807) is 18.4 Å². The quantitative estimate of drug-likeness (QED) is 0.204. The molecule has 1 atom stereocenters. The number of halogens is 1. The Morgan fingerprint density at radius 2 is 2.04 bits per heavy atom. The lowest BCUT2D eigenvalue weighted by atomic mass is 10.2. The SMILES string of the molecule is CCNC(=NCC(O)c1cc2ccccc2s1)NCCCCCOC.I. The molecule has 0 saturated heterocycles. The minimum absolute atomic E-state index is 0. The van der Waals surface area contributed by atoms with Gasteiger partial charge in [0.2, 0.25) is 0 Å². The zero-order valence-corrected chi connectivity index (χ0v) is 18.7. The molecule has 2 aromatic rings. The first kappa shape index (κ1) is 23.1. The van der Waals surface area contributed by atoms with Gasteiger partial charge < -0.3 is 20.5 Å². The summed E-state index contributed by atoms with van der Waals surface area (Å²) in [6.45, 7) is 4.88. The number of guanidine groups is 1. The highest BCUT2D eigenvalue weighted by atomic mass is 127. The second-order valence-electron chi connectivity index (χ2n) is 5.90. The third-order valence-corrected chi connectivity index (χ3v) is 5.07. The minimum atomic E-state index is -0.574. The molecule has 2 rings (SSSR count). The van der Waals surface area contributed by atoms with Crippen LogP contribution in [0, 0.1) is 0 Å². The largest absolute Gasteiger partial charge is 0.386 e. The van der Waals surface area contributed by atoms with Gasteiger partial charge in [0, 0.05) is 36.4 Å². The van der Waals surface area contributed by atoms with Crippen LogP contribution < -0.4 is 10.6 Å². The molecule has 0 aliphatic heterocycles. The summed E-state index contributed by atoms with van der Waals surface area (Å²) in [5.74, 6) is 0.759. The van der Waals surface area contributed by atoms with E-state index < -0.39 is 6.10 Å². The van der Waals surface area contributed by atoms with Crippen LogP contribution in [0.25, 0.3) is 10.1 Å². The lowest BCUT2D eigenvalue weighted by molar-refractivity contribution is 0.191. The van der Waals surface area contributed by atoms with E-state index >= 15 is 0 Å². The number of aliphatic hydroxyl groups is 1. The summed E-state index contributed by atoms with van der Waals surface area (Å²) in [4.78, 5) is 5.48. The summed E-state index contributed by atoms with van der Waals surface area (Å²) < 4.78 is 6.25. The number of aliphatic imine (C=N–C) groups is 1. The number of methoxy groups -OCH3 is 1. The molecule has 3 N–H and O–H groups in total. The van der Waals surface area contributed by atoms with Gasteiger partial charge in [-0.25, -0.2) is 0 Å². The zero-order valence-electron chi connectivity index (χ0n) is 15.5. The molecular formula is C19H30IN3O2S. The fourth-order valence-corrected chi connectivity index (χ4v) is 3.57. The van der Waals surface area contributed by atoms with E-state index in [2.05, 4.69) is 33.8 Å². The molecule has 0 aliphatic carbocycles. The van der Waals surface area contributed by atoms with E-state index in [4.69, 9.17) is 4.74 Å². The van der Waals surface area contributed by atoms with E-state index in [9.17, 15) is 5.11 Å². The number of unbranched alkanes of at least 4 members (excludes halogenated alkanes) is 2. The topological polar surface area (TPSA) is 65.9 Å². The summed E-state index contributed by atoms with van der Waals surface area (Å²) in [7, 11) is 1.73. The van der Waals surface area contributed by atoms with Crippen LogP contribution in [0.15, 0.2) is 35.3 Å². The van der Waals surface area contributed by atoms with Crippen molar-refractivity contribution in [3.8, 4) is 0 Å². The van der Waals surface area contributed by atoms with Gasteiger partial charge in [-0.05, 0) is 43.7 Å². The van der Waals surface area contributed by atoms with E-state index in [1.165, 1.54) is 10.1 Å². The van der Waals surface area contributed by atoms with Crippen molar-refractivity contribution in [3.05, 3.63) is 35.2 Å². The maximum Gasteiger partial charge on any atom is 0.191 e. The molecule has 0 amide bonds. The lowest BCUT2D eigenvalue weighted by Crippen LogP contribution is -2.38. The summed E-state index contributed by atoms with van der Waals surface area (Å²) in [6.07, 6.45) is 2.71. The number of nitrogens with zero attached hydrogens (tertiary/aromatic N) is 1. The van der Waals surface area contributed by atoms with E-state index in [-0.39, 0.29) is 24.0 Å². The molecule has 26 heavy (non-hydrogen) atoms. The van der Waals surface area contributed by atoms with Gasteiger partial charge >= 0.3 is 0 Å². The molecule has 0 saturated carbocycles. The highest BCUT2D eigenvalue weighted by Gasteiger charge is 2.11. The Kier molecular flexibility index (Phi) is 11.8. The molecule has 1 unspecified atom stereocenters. The Morgan fingerprint density at radius 1 is 1.23 bits per heavy atom. The highest BCUT2D eigenvalue weighted by molar-refractivity contribution is 14.0. The number of hydrogen-bond donors (Lipinski definition) is 3. The summed E-state index contributed by atoms with van der Waals surface area (Å²) in [5.41, 5.74) is 0. The number of thiophene rings is 1. The molecule has 0 fully saturated rings. The zero-order chi connectivity index (χ0) is 17.9. The van der Waals surface area contributed by atoms with E-state index in [0.717, 1.165) is 49.8 Å². The number of aliphatic hydroxyl groups excluding tert-OH is 1. The van der Waals surface area contributed by atoms with Gasteiger partial charge in [0.05, 0.1) is 6.54 Å². The second-order valence-corrected chi connectivity index (χ2v) is 7.02. The van der Waals surface area contributed by atoms with Gasteiger partial charge in [0.15, 0.2) is 5.96 Å². The first-order valence-electron chi connectivity index (χ1n) is 8.92. The number of benzene rings is 1. The normalized spacial score (nSPS) is 12.7. The van der Waals surface area contributed by atoms with Crippen LogP contribution in [0.3, 0.4) is 0 Å². The molecule has 1 aromatic carbocycles. The first-order chi connectivity index (χ1) is 12.2. The summed E-state index contributed by atoms with van der Waals surface area (Å²) >= 11 is 1.63. The molecule has 0 radical (unpaired) electrons. The number of ether oxygens (including phenoxy) is 1. The molecule has 5 nitrogen and oxygen atoms in total. The predicted octanol–water partition coefficient (Wildman–Crippen LogP) is 3.92. The van der Waals surface area contributed by atoms with Gasteiger partial charge in [0.1, 0.15) is 6.10 Å². The fraction of sp³-hybridized carbons (Fsp3) is 0.526. The van der Waals surface area contributed by atoms with Crippen LogP contribution in [0.2, 0.25) is 0 Å². The van der Waals surface area contributed by atoms with Gasteiger partial charge in [0.25, 0.3) is 0 Å². The second kappa shape index (κ2) is 13.3. The standard InChI is InChI=1S/C19H29N3O2S.HI/c1-3-20-19(21-11-7-4-8-12-24-2)22-14-16(23)18-13-15-9-5-6-10-17(15)25-18;/h5-6,9-10,13,16,23H,3-4,7-8,11-12,14H2,1-2H3,(H2,20,21,22);1H. The van der Waals surface area contributed by atoms with Crippen molar-refractivity contribution in [3.63, 3.8) is 0 Å². The molecule has 0 spiro atoms. The third-order valence-electron chi connectivity index (χ3n) is 3.86. The smallest absolute Gasteiger partial charge is 0.191 e. The van der Waals surface area contributed by atoms with Gasteiger partial charge in [-0.3, -0.25) is 4.99 Å². The van der Waals surface area contributed by atoms with Gasteiger partial charge in [-0.1, -0.05) is 18.2 Å².